The summed E-state index contributed by atoms with van der Waals surface area (Å²) in [6.07, 6.45) is 1.13. The molecule has 0 heterocycles. The Labute approximate surface area is 105 Å². The summed E-state index contributed by atoms with van der Waals surface area (Å²) in [4.78, 5) is 0. The molecule has 0 radical (unpaired) electrons. The Kier molecular flexibility index (Phi) is 5.29. The van der Waals surface area contributed by atoms with E-state index in [4.69, 9.17) is 4.74 Å². The molecule has 0 saturated heterocycles. The number of hydrogen-bond acceptors (Lipinski definition) is 3. The van der Waals surface area contributed by atoms with E-state index in [2.05, 4.69) is 37.5 Å². The predicted molar refractivity (Wildman–Crippen MR) is 74.2 cm³/mol. The number of nitrogens with one attached hydrogen (secondary N) is 2. The van der Waals surface area contributed by atoms with Crippen molar-refractivity contribution in [1.82, 2.24) is 5.32 Å². The fourth-order valence-electron chi connectivity index (χ4n) is 2.04. The molecule has 0 amide bonds. The van der Waals surface area contributed by atoms with Crippen molar-refractivity contribution in [3.63, 3.8) is 0 Å². The zero-order valence-electron chi connectivity index (χ0n) is 11.6. The Bertz CT molecular complexity index is 375. The lowest BCUT2D eigenvalue weighted by Crippen LogP contribution is -2.13. The number of ether oxygens (including phenoxy) is 1. The van der Waals surface area contributed by atoms with Gasteiger partial charge in [0.05, 0.1) is 7.11 Å². The highest BCUT2D eigenvalue weighted by molar-refractivity contribution is 5.61. The molecule has 1 aromatic rings. The van der Waals surface area contributed by atoms with Gasteiger partial charge in [0.1, 0.15) is 5.75 Å². The van der Waals surface area contributed by atoms with Crippen LogP contribution in [0.3, 0.4) is 0 Å². The van der Waals surface area contributed by atoms with Crippen molar-refractivity contribution in [2.45, 2.75) is 27.2 Å². The number of aryl methyl sites for hydroxylation is 1. The molecule has 0 aliphatic heterocycles. The summed E-state index contributed by atoms with van der Waals surface area (Å²) in [6.45, 7) is 8.37. The van der Waals surface area contributed by atoms with Crippen LogP contribution in [0.4, 0.5) is 5.69 Å². The standard InChI is InChI=1S/C14H24N2O/c1-10-9-13(16-8-6-7-15-4)11(2)12(3)14(10)17-5/h9,15-16H,6-8H2,1-5H3. The van der Waals surface area contributed by atoms with Crippen LogP contribution in [-0.2, 0) is 0 Å². The minimum Gasteiger partial charge on any atom is -0.496 e. The number of rotatable bonds is 6. The molecule has 96 valence electrons. The van der Waals surface area contributed by atoms with E-state index in [-0.39, 0.29) is 0 Å². The van der Waals surface area contributed by atoms with Gasteiger partial charge in [-0.15, -0.1) is 0 Å². The third-order valence-electron chi connectivity index (χ3n) is 3.15. The summed E-state index contributed by atoms with van der Waals surface area (Å²) in [5.74, 6) is 1.00. The van der Waals surface area contributed by atoms with Crippen LogP contribution in [-0.4, -0.2) is 27.2 Å². The Balaban J connectivity index is 2.80. The molecule has 3 heteroatoms. The average Bonchev–Trinajstić information content (AvgIpc) is 2.31. The van der Waals surface area contributed by atoms with E-state index in [0.29, 0.717) is 0 Å². The highest BCUT2D eigenvalue weighted by Crippen LogP contribution is 2.31. The topological polar surface area (TPSA) is 33.3 Å². The van der Waals surface area contributed by atoms with Gasteiger partial charge in [0, 0.05) is 12.2 Å². The van der Waals surface area contributed by atoms with Crippen molar-refractivity contribution < 1.29 is 4.74 Å². The first-order valence-electron chi connectivity index (χ1n) is 6.15. The van der Waals surface area contributed by atoms with E-state index >= 15 is 0 Å². The first-order valence-corrected chi connectivity index (χ1v) is 6.15. The summed E-state index contributed by atoms with van der Waals surface area (Å²) >= 11 is 0. The van der Waals surface area contributed by atoms with Gasteiger partial charge in [-0.2, -0.15) is 0 Å². The van der Waals surface area contributed by atoms with Crippen molar-refractivity contribution in [2.75, 3.05) is 32.6 Å². The maximum atomic E-state index is 5.42. The Morgan fingerprint density at radius 2 is 1.82 bits per heavy atom. The van der Waals surface area contributed by atoms with Gasteiger partial charge in [-0.25, -0.2) is 0 Å². The first-order chi connectivity index (χ1) is 8.11. The maximum Gasteiger partial charge on any atom is 0.125 e. The number of methoxy groups -OCH3 is 1. The summed E-state index contributed by atoms with van der Waals surface area (Å²) in [5, 5.41) is 6.63. The molecule has 17 heavy (non-hydrogen) atoms. The summed E-state index contributed by atoms with van der Waals surface area (Å²) in [5.41, 5.74) is 4.91. The maximum absolute atomic E-state index is 5.42. The molecular formula is C14H24N2O. The van der Waals surface area contributed by atoms with Gasteiger partial charge >= 0.3 is 0 Å². The fourth-order valence-corrected chi connectivity index (χ4v) is 2.04. The molecule has 0 aromatic heterocycles. The molecule has 0 aliphatic rings. The van der Waals surface area contributed by atoms with Crippen LogP contribution in [0.1, 0.15) is 23.1 Å². The van der Waals surface area contributed by atoms with Crippen LogP contribution >= 0.6 is 0 Å². The molecule has 0 saturated carbocycles. The fraction of sp³-hybridized carbons (Fsp3) is 0.571. The van der Waals surface area contributed by atoms with Gasteiger partial charge in [0.2, 0.25) is 0 Å². The Hall–Kier alpha value is -1.22. The van der Waals surface area contributed by atoms with Crippen LogP contribution in [0.15, 0.2) is 6.07 Å². The van der Waals surface area contributed by atoms with Gasteiger partial charge in [-0.3, -0.25) is 0 Å². The molecular weight excluding hydrogens is 212 g/mol. The zero-order valence-corrected chi connectivity index (χ0v) is 11.6. The number of benzene rings is 1. The second-order valence-corrected chi connectivity index (χ2v) is 4.41. The van der Waals surface area contributed by atoms with Gasteiger partial charge in [-0.05, 0) is 63.5 Å². The predicted octanol–water partition coefficient (Wildman–Crippen LogP) is 2.64. The third kappa shape index (κ3) is 3.37. The molecule has 0 atom stereocenters. The quantitative estimate of drug-likeness (QED) is 0.745. The molecule has 0 fully saturated rings. The second-order valence-electron chi connectivity index (χ2n) is 4.41. The molecule has 0 aliphatic carbocycles. The van der Waals surface area contributed by atoms with Crippen molar-refractivity contribution in [3.8, 4) is 5.75 Å². The molecule has 1 rings (SSSR count). The minimum atomic E-state index is 0.993. The van der Waals surface area contributed by atoms with Crippen molar-refractivity contribution in [1.29, 1.82) is 0 Å². The van der Waals surface area contributed by atoms with Crippen molar-refractivity contribution in [2.24, 2.45) is 0 Å². The lowest BCUT2D eigenvalue weighted by atomic mass is 10.0. The van der Waals surface area contributed by atoms with Crippen LogP contribution in [0.5, 0.6) is 5.75 Å². The second kappa shape index (κ2) is 6.50. The number of anilines is 1. The number of hydrogen-bond donors (Lipinski definition) is 2. The average molecular weight is 236 g/mol. The van der Waals surface area contributed by atoms with Gasteiger partial charge in [-0.1, -0.05) is 0 Å². The van der Waals surface area contributed by atoms with E-state index < -0.39 is 0 Å². The van der Waals surface area contributed by atoms with E-state index in [0.717, 1.165) is 25.3 Å². The van der Waals surface area contributed by atoms with Crippen molar-refractivity contribution >= 4 is 5.69 Å². The summed E-state index contributed by atoms with van der Waals surface area (Å²) < 4.78 is 5.42. The van der Waals surface area contributed by atoms with Crippen LogP contribution < -0.4 is 15.4 Å². The SMILES string of the molecule is CNCCCNc1cc(C)c(OC)c(C)c1C. The summed E-state index contributed by atoms with van der Waals surface area (Å²) in [7, 11) is 3.71. The third-order valence-corrected chi connectivity index (χ3v) is 3.15. The highest BCUT2D eigenvalue weighted by atomic mass is 16.5. The molecule has 2 N–H and O–H groups in total. The molecule has 0 unspecified atom stereocenters. The molecule has 1 aromatic carbocycles. The van der Waals surface area contributed by atoms with Crippen molar-refractivity contribution in [3.05, 3.63) is 22.8 Å². The van der Waals surface area contributed by atoms with Gasteiger partial charge in [0.25, 0.3) is 0 Å². The van der Waals surface area contributed by atoms with Crippen LogP contribution in [0.2, 0.25) is 0 Å². The Morgan fingerprint density at radius 3 is 2.41 bits per heavy atom. The van der Waals surface area contributed by atoms with Crippen LogP contribution in [0, 0.1) is 20.8 Å². The lowest BCUT2D eigenvalue weighted by molar-refractivity contribution is 0.408. The largest absolute Gasteiger partial charge is 0.496 e. The van der Waals surface area contributed by atoms with E-state index in [1.54, 1.807) is 7.11 Å². The summed E-state index contributed by atoms with van der Waals surface area (Å²) in [6, 6.07) is 2.17. The van der Waals surface area contributed by atoms with E-state index in [1.807, 2.05) is 7.05 Å². The Morgan fingerprint density at radius 1 is 1.12 bits per heavy atom. The van der Waals surface area contributed by atoms with Gasteiger partial charge in [0.15, 0.2) is 0 Å². The first kappa shape index (κ1) is 13.8. The zero-order chi connectivity index (χ0) is 12.8. The minimum absolute atomic E-state index is 0.993. The van der Waals surface area contributed by atoms with Gasteiger partial charge < -0.3 is 15.4 Å². The smallest absolute Gasteiger partial charge is 0.125 e. The lowest BCUT2D eigenvalue weighted by Gasteiger charge is -2.16. The normalized spacial score (nSPS) is 10.4. The molecule has 0 bridgehead atoms. The van der Waals surface area contributed by atoms with E-state index in [1.165, 1.54) is 22.4 Å². The monoisotopic (exact) mass is 236 g/mol. The molecule has 3 nitrogen and oxygen atoms in total. The van der Waals surface area contributed by atoms with Crippen LogP contribution in [0.25, 0.3) is 0 Å². The van der Waals surface area contributed by atoms with E-state index in [9.17, 15) is 0 Å². The highest BCUT2D eigenvalue weighted by Gasteiger charge is 2.09. The molecule has 0 spiro atoms.